The zero-order valence-electron chi connectivity index (χ0n) is 15.2. The molecule has 0 heterocycles. The van der Waals surface area contributed by atoms with Gasteiger partial charge in [0.15, 0.2) is 5.78 Å². The van der Waals surface area contributed by atoms with E-state index in [2.05, 4.69) is 0 Å². The molecule has 0 saturated carbocycles. The lowest BCUT2D eigenvalue weighted by atomic mass is 10.0. The third-order valence-corrected chi connectivity index (χ3v) is 4.15. The molecular formula is C24H20O4. The van der Waals surface area contributed by atoms with Crippen molar-refractivity contribution in [3.8, 4) is 16.9 Å². The van der Waals surface area contributed by atoms with Gasteiger partial charge >= 0.3 is 5.97 Å². The van der Waals surface area contributed by atoms with Gasteiger partial charge in [0, 0.05) is 5.56 Å². The fraction of sp³-hybridized carbons (Fsp3) is 0.0833. The Hall–Kier alpha value is -3.66. The molecule has 0 aliphatic heterocycles. The molecule has 0 radical (unpaired) electrons. The van der Waals surface area contributed by atoms with Crippen molar-refractivity contribution in [3.63, 3.8) is 0 Å². The Morgan fingerprint density at radius 1 is 0.857 bits per heavy atom. The molecule has 0 spiro atoms. The van der Waals surface area contributed by atoms with Gasteiger partial charge in [-0.05, 0) is 34.9 Å². The van der Waals surface area contributed by atoms with E-state index in [0.717, 1.165) is 16.7 Å². The molecule has 0 aromatic heterocycles. The average molecular weight is 372 g/mol. The fourth-order valence-corrected chi connectivity index (χ4v) is 2.69. The predicted molar refractivity (Wildman–Crippen MR) is 109 cm³/mol. The van der Waals surface area contributed by atoms with E-state index in [-0.39, 0.29) is 18.8 Å². The van der Waals surface area contributed by atoms with Gasteiger partial charge in [0.1, 0.15) is 5.75 Å². The molecule has 0 saturated heterocycles. The second-order valence-corrected chi connectivity index (χ2v) is 6.21. The fourth-order valence-electron chi connectivity index (χ4n) is 2.69. The first-order valence-corrected chi connectivity index (χ1v) is 8.94. The van der Waals surface area contributed by atoms with E-state index in [1.807, 2.05) is 60.7 Å². The second kappa shape index (κ2) is 9.33. The van der Waals surface area contributed by atoms with Gasteiger partial charge in [-0.3, -0.25) is 9.59 Å². The summed E-state index contributed by atoms with van der Waals surface area (Å²) in [6, 6.07) is 24.7. The van der Waals surface area contributed by atoms with Crippen LogP contribution in [0.5, 0.6) is 5.75 Å². The largest absolute Gasteiger partial charge is 0.493 e. The first kappa shape index (κ1) is 19.1. The van der Waals surface area contributed by atoms with E-state index < -0.39 is 5.97 Å². The van der Waals surface area contributed by atoms with Crippen LogP contribution in [0.1, 0.15) is 22.3 Å². The Morgan fingerprint density at radius 2 is 1.57 bits per heavy atom. The third kappa shape index (κ3) is 5.42. The molecule has 3 aromatic rings. The minimum absolute atomic E-state index is 0.0580. The molecule has 28 heavy (non-hydrogen) atoms. The van der Waals surface area contributed by atoms with Crippen LogP contribution in [-0.4, -0.2) is 23.5 Å². The molecule has 4 heteroatoms. The third-order valence-electron chi connectivity index (χ3n) is 4.15. The highest BCUT2D eigenvalue weighted by Gasteiger charge is 2.04. The zero-order chi connectivity index (χ0) is 19.8. The number of hydrogen-bond donors (Lipinski definition) is 1. The van der Waals surface area contributed by atoms with Gasteiger partial charge in [-0.15, -0.1) is 0 Å². The number of benzene rings is 3. The number of carboxylic acid groups (broad SMARTS) is 1. The summed E-state index contributed by atoms with van der Waals surface area (Å²) in [5.74, 6) is -0.417. The van der Waals surface area contributed by atoms with Crippen LogP contribution in [0.15, 0.2) is 84.9 Å². The molecule has 0 bridgehead atoms. The Bertz CT molecular complexity index is 973. The highest BCUT2D eigenvalue weighted by Crippen LogP contribution is 2.20. The molecule has 0 atom stereocenters. The Labute approximate surface area is 163 Å². The van der Waals surface area contributed by atoms with Crippen LogP contribution in [0.3, 0.4) is 0 Å². The van der Waals surface area contributed by atoms with Gasteiger partial charge in [-0.1, -0.05) is 72.8 Å². The molecule has 140 valence electrons. The van der Waals surface area contributed by atoms with E-state index in [9.17, 15) is 9.59 Å². The summed E-state index contributed by atoms with van der Waals surface area (Å²) in [7, 11) is 0. The van der Waals surface area contributed by atoms with E-state index in [1.165, 1.54) is 6.08 Å². The topological polar surface area (TPSA) is 63.6 Å². The number of aliphatic carboxylic acids is 1. The summed E-state index contributed by atoms with van der Waals surface area (Å²) in [5.41, 5.74) is 3.59. The molecular weight excluding hydrogens is 352 g/mol. The molecule has 4 nitrogen and oxygen atoms in total. The number of hydrogen-bond acceptors (Lipinski definition) is 3. The van der Waals surface area contributed by atoms with Crippen LogP contribution in [0.4, 0.5) is 0 Å². The van der Waals surface area contributed by atoms with Gasteiger partial charge < -0.3 is 9.84 Å². The van der Waals surface area contributed by atoms with Crippen LogP contribution in [-0.2, 0) is 4.79 Å². The number of carboxylic acids is 1. The Balaban J connectivity index is 1.64. The van der Waals surface area contributed by atoms with Gasteiger partial charge in [-0.2, -0.15) is 0 Å². The summed E-state index contributed by atoms with van der Waals surface area (Å²) >= 11 is 0. The summed E-state index contributed by atoms with van der Waals surface area (Å²) in [6.07, 6.45) is 3.18. The maximum atomic E-state index is 12.4. The number of allylic oxidation sites excluding steroid dienone is 1. The maximum Gasteiger partial charge on any atom is 0.306 e. The number of carbonyl (C=O) groups is 2. The Morgan fingerprint density at radius 3 is 2.29 bits per heavy atom. The van der Waals surface area contributed by atoms with E-state index >= 15 is 0 Å². The van der Waals surface area contributed by atoms with Crippen LogP contribution >= 0.6 is 0 Å². The van der Waals surface area contributed by atoms with Gasteiger partial charge in [0.05, 0.1) is 13.0 Å². The predicted octanol–water partition coefficient (Wildman–Crippen LogP) is 5.10. The van der Waals surface area contributed by atoms with Crippen LogP contribution in [0.25, 0.3) is 17.2 Å². The minimum Gasteiger partial charge on any atom is -0.493 e. The standard InChI is InChI=1S/C24H20O4/c25-23(21-12-10-20(11-13-21)19-6-2-1-3-7-19)14-9-18-5-4-8-22(17-18)28-16-15-24(26)27/h1-14,17H,15-16H2,(H,26,27)/b14-9+. The van der Waals surface area contributed by atoms with Crippen molar-refractivity contribution >= 4 is 17.8 Å². The lowest BCUT2D eigenvalue weighted by molar-refractivity contribution is -0.137. The van der Waals surface area contributed by atoms with Crippen molar-refractivity contribution in [2.75, 3.05) is 6.61 Å². The highest BCUT2D eigenvalue weighted by molar-refractivity contribution is 6.07. The van der Waals surface area contributed by atoms with E-state index in [4.69, 9.17) is 9.84 Å². The lowest BCUT2D eigenvalue weighted by Crippen LogP contribution is -2.04. The quantitative estimate of drug-likeness (QED) is 0.441. The molecule has 0 amide bonds. The smallest absolute Gasteiger partial charge is 0.306 e. The second-order valence-electron chi connectivity index (χ2n) is 6.21. The van der Waals surface area contributed by atoms with E-state index in [0.29, 0.717) is 11.3 Å². The number of rotatable bonds is 8. The van der Waals surface area contributed by atoms with Crippen molar-refractivity contribution in [2.45, 2.75) is 6.42 Å². The minimum atomic E-state index is -0.903. The summed E-state index contributed by atoms with van der Waals surface area (Å²) in [6.45, 7) is 0.106. The molecule has 1 N–H and O–H groups in total. The Kier molecular flexibility index (Phi) is 6.37. The SMILES string of the molecule is O=C(O)CCOc1cccc(/C=C/C(=O)c2ccc(-c3ccccc3)cc2)c1. The first-order valence-electron chi connectivity index (χ1n) is 8.94. The van der Waals surface area contributed by atoms with Gasteiger partial charge in [-0.25, -0.2) is 0 Å². The number of ether oxygens (including phenoxy) is 1. The van der Waals surface area contributed by atoms with Crippen LogP contribution < -0.4 is 4.74 Å². The summed E-state index contributed by atoms with van der Waals surface area (Å²) < 4.78 is 5.40. The van der Waals surface area contributed by atoms with Crippen molar-refractivity contribution in [2.24, 2.45) is 0 Å². The average Bonchev–Trinajstić information content (AvgIpc) is 2.73. The normalized spacial score (nSPS) is 10.7. The monoisotopic (exact) mass is 372 g/mol. The van der Waals surface area contributed by atoms with Crippen molar-refractivity contribution in [3.05, 3.63) is 96.1 Å². The molecule has 0 aliphatic carbocycles. The molecule has 0 aliphatic rings. The van der Waals surface area contributed by atoms with Gasteiger partial charge in [0.2, 0.25) is 0 Å². The first-order chi connectivity index (χ1) is 13.6. The summed E-state index contributed by atoms with van der Waals surface area (Å²) in [4.78, 5) is 23.0. The molecule has 0 fully saturated rings. The summed E-state index contributed by atoms with van der Waals surface area (Å²) in [5, 5.41) is 8.65. The number of carbonyl (C=O) groups excluding carboxylic acids is 1. The van der Waals surface area contributed by atoms with Crippen molar-refractivity contribution < 1.29 is 19.4 Å². The molecule has 0 unspecified atom stereocenters. The van der Waals surface area contributed by atoms with Gasteiger partial charge in [0.25, 0.3) is 0 Å². The zero-order valence-corrected chi connectivity index (χ0v) is 15.2. The van der Waals surface area contributed by atoms with Crippen molar-refractivity contribution in [1.29, 1.82) is 0 Å². The maximum absolute atomic E-state index is 12.4. The molecule has 3 rings (SSSR count). The van der Waals surface area contributed by atoms with E-state index in [1.54, 1.807) is 24.3 Å². The molecule has 3 aromatic carbocycles. The van der Waals surface area contributed by atoms with Crippen molar-refractivity contribution in [1.82, 2.24) is 0 Å². The van der Waals surface area contributed by atoms with Crippen LogP contribution in [0.2, 0.25) is 0 Å². The lowest BCUT2D eigenvalue weighted by Gasteiger charge is -2.05. The highest BCUT2D eigenvalue weighted by atomic mass is 16.5. The number of ketones is 1. The van der Waals surface area contributed by atoms with Crippen LogP contribution in [0, 0.1) is 0 Å².